The van der Waals surface area contributed by atoms with Gasteiger partial charge in [-0.25, -0.2) is 0 Å². The smallest absolute Gasteiger partial charge is 0.0558 e. The van der Waals surface area contributed by atoms with Gasteiger partial charge in [0.15, 0.2) is 0 Å². The summed E-state index contributed by atoms with van der Waals surface area (Å²) < 4.78 is 0. The summed E-state index contributed by atoms with van der Waals surface area (Å²) in [6.45, 7) is 4.64. The summed E-state index contributed by atoms with van der Waals surface area (Å²) in [7, 11) is 0. The zero-order valence-corrected chi connectivity index (χ0v) is 8.13. The summed E-state index contributed by atoms with van der Waals surface area (Å²) in [6, 6.07) is 0.760. The Balaban J connectivity index is 2.31. The molecular weight excluding hydrogens is 150 g/mol. The van der Waals surface area contributed by atoms with E-state index in [0.717, 1.165) is 12.6 Å². The van der Waals surface area contributed by atoms with E-state index in [1.807, 2.05) is 0 Å². The molecule has 1 atom stereocenters. The third-order valence-corrected chi connectivity index (χ3v) is 2.76. The molecule has 0 spiro atoms. The van der Waals surface area contributed by atoms with Gasteiger partial charge >= 0.3 is 0 Å². The normalized spacial score (nSPS) is 26.0. The Kier molecular flexibility index (Phi) is 4.62. The molecule has 1 N–H and O–H groups in total. The van der Waals surface area contributed by atoms with Crippen molar-refractivity contribution in [1.82, 2.24) is 4.90 Å². The van der Waals surface area contributed by atoms with Gasteiger partial charge in [-0.15, -0.1) is 0 Å². The van der Waals surface area contributed by atoms with Crippen molar-refractivity contribution in [3.63, 3.8) is 0 Å². The Labute approximate surface area is 75.6 Å². The van der Waals surface area contributed by atoms with Crippen molar-refractivity contribution in [2.45, 2.75) is 45.1 Å². The van der Waals surface area contributed by atoms with E-state index in [-0.39, 0.29) is 0 Å². The van der Waals surface area contributed by atoms with E-state index >= 15 is 0 Å². The molecule has 2 heteroatoms. The molecule has 1 rings (SSSR count). The van der Waals surface area contributed by atoms with E-state index in [1.54, 1.807) is 0 Å². The van der Waals surface area contributed by atoms with Crippen molar-refractivity contribution in [2.24, 2.45) is 0 Å². The molecule has 0 aromatic rings. The van der Waals surface area contributed by atoms with E-state index in [1.165, 1.54) is 38.6 Å². The SMILES string of the molecule is CCCC1CCCCN1CCO. The van der Waals surface area contributed by atoms with Crippen LogP contribution in [0, 0.1) is 0 Å². The quantitative estimate of drug-likeness (QED) is 0.695. The molecule has 1 aliphatic rings. The average molecular weight is 171 g/mol. The predicted molar refractivity (Wildman–Crippen MR) is 51.2 cm³/mol. The highest BCUT2D eigenvalue weighted by Crippen LogP contribution is 2.19. The van der Waals surface area contributed by atoms with Gasteiger partial charge in [-0.2, -0.15) is 0 Å². The fourth-order valence-electron chi connectivity index (χ4n) is 2.14. The molecule has 1 fully saturated rings. The van der Waals surface area contributed by atoms with Crippen molar-refractivity contribution in [2.75, 3.05) is 19.7 Å². The summed E-state index contributed by atoms with van der Waals surface area (Å²) >= 11 is 0. The van der Waals surface area contributed by atoms with Crippen LogP contribution in [0.15, 0.2) is 0 Å². The molecule has 0 aromatic carbocycles. The van der Waals surface area contributed by atoms with Gasteiger partial charge in [0.2, 0.25) is 0 Å². The number of β-amino-alcohol motifs (C(OH)–C–C–N with tert-alkyl or cyclic N) is 1. The second-order valence-corrected chi connectivity index (χ2v) is 3.70. The zero-order chi connectivity index (χ0) is 8.81. The van der Waals surface area contributed by atoms with E-state index in [0.29, 0.717) is 6.61 Å². The highest BCUT2D eigenvalue weighted by molar-refractivity contribution is 4.75. The first-order valence-corrected chi connectivity index (χ1v) is 5.23. The fourth-order valence-corrected chi connectivity index (χ4v) is 2.14. The van der Waals surface area contributed by atoms with E-state index in [2.05, 4.69) is 11.8 Å². The van der Waals surface area contributed by atoms with Crippen LogP contribution >= 0.6 is 0 Å². The highest BCUT2D eigenvalue weighted by atomic mass is 16.3. The van der Waals surface area contributed by atoms with Crippen LogP contribution in [0.3, 0.4) is 0 Å². The molecule has 1 unspecified atom stereocenters. The van der Waals surface area contributed by atoms with Gasteiger partial charge in [-0.1, -0.05) is 19.8 Å². The molecule has 0 aromatic heterocycles. The molecule has 0 radical (unpaired) electrons. The number of likely N-dealkylation sites (tertiary alicyclic amines) is 1. The second-order valence-electron chi connectivity index (χ2n) is 3.70. The minimum Gasteiger partial charge on any atom is -0.395 e. The zero-order valence-electron chi connectivity index (χ0n) is 8.13. The number of hydrogen-bond acceptors (Lipinski definition) is 2. The summed E-state index contributed by atoms with van der Waals surface area (Å²) in [5, 5.41) is 8.86. The third kappa shape index (κ3) is 2.76. The molecule has 0 saturated carbocycles. The lowest BCUT2D eigenvalue weighted by Crippen LogP contribution is -2.40. The minimum absolute atomic E-state index is 0.320. The maximum absolute atomic E-state index is 8.86. The first-order valence-electron chi connectivity index (χ1n) is 5.23. The largest absolute Gasteiger partial charge is 0.395 e. The maximum atomic E-state index is 8.86. The molecule has 2 nitrogen and oxygen atoms in total. The van der Waals surface area contributed by atoms with E-state index in [9.17, 15) is 0 Å². The Morgan fingerprint density at radius 1 is 1.42 bits per heavy atom. The summed E-state index contributed by atoms with van der Waals surface area (Å²) in [5.41, 5.74) is 0. The third-order valence-electron chi connectivity index (χ3n) is 2.76. The molecule has 1 saturated heterocycles. The lowest BCUT2D eigenvalue weighted by molar-refractivity contribution is 0.111. The van der Waals surface area contributed by atoms with Crippen LogP contribution in [0.1, 0.15) is 39.0 Å². The number of aliphatic hydroxyl groups is 1. The molecule has 72 valence electrons. The van der Waals surface area contributed by atoms with Crippen molar-refractivity contribution < 1.29 is 5.11 Å². The van der Waals surface area contributed by atoms with Crippen LogP contribution < -0.4 is 0 Å². The lowest BCUT2D eigenvalue weighted by atomic mass is 9.98. The van der Waals surface area contributed by atoms with Crippen LogP contribution in [-0.4, -0.2) is 35.7 Å². The first kappa shape index (κ1) is 10.0. The van der Waals surface area contributed by atoms with Crippen LogP contribution in [0.5, 0.6) is 0 Å². The van der Waals surface area contributed by atoms with E-state index in [4.69, 9.17) is 5.11 Å². The molecule has 0 bridgehead atoms. The topological polar surface area (TPSA) is 23.5 Å². The fraction of sp³-hybridized carbons (Fsp3) is 1.00. The number of hydrogen-bond donors (Lipinski definition) is 1. The number of rotatable bonds is 4. The van der Waals surface area contributed by atoms with Crippen LogP contribution in [0.2, 0.25) is 0 Å². The van der Waals surface area contributed by atoms with Crippen LogP contribution in [0.25, 0.3) is 0 Å². The van der Waals surface area contributed by atoms with Gasteiger partial charge in [0.05, 0.1) is 6.61 Å². The molecule has 1 heterocycles. The number of aliphatic hydroxyl groups excluding tert-OH is 1. The summed E-state index contributed by atoms with van der Waals surface area (Å²) in [5.74, 6) is 0. The monoisotopic (exact) mass is 171 g/mol. The van der Waals surface area contributed by atoms with Gasteiger partial charge in [0, 0.05) is 12.6 Å². The highest BCUT2D eigenvalue weighted by Gasteiger charge is 2.20. The number of piperidine rings is 1. The molecular formula is C10H21NO. The second kappa shape index (κ2) is 5.55. The van der Waals surface area contributed by atoms with Gasteiger partial charge < -0.3 is 5.11 Å². The van der Waals surface area contributed by atoms with Crippen LogP contribution in [-0.2, 0) is 0 Å². The van der Waals surface area contributed by atoms with Gasteiger partial charge in [0.25, 0.3) is 0 Å². The van der Waals surface area contributed by atoms with Crippen molar-refractivity contribution in [3.05, 3.63) is 0 Å². The van der Waals surface area contributed by atoms with Gasteiger partial charge in [-0.05, 0) is 25.8 Å². The van der Waals surface area contributed by atoms with Crippen molar-refractivity contribution in [3.8, 4) is 0 Å². The van der Waals surface area contributed by atoms with Crippen LogP contribution in [0.4, 0.5) is 0 Å². The Morgan fingerprint density at radius 2 is 2.25 bits per heavy atom. The summed E-state index contributed by atoms with van der Waals surface area (Å²) in [4.78, 5) is 2.45. The molecule has 0 amide bonds. The Hall–Kier alpha value is -0.0800. The average Bonchev–Trinajstić information content (AvgIpc) is 2.09. The Bertz CT molecular complexity index is 98.4. The number of nitrogens with zero attached hydrogens (tertiary/aromatic N) is 1. The van der Waals surface area contributed by atoms with Gasteiger partial charge in [0.1, 0.15) is 0 Å². The van der Waals surface area contributed by atoms with Crippen molar-refractivity contribution in [1.29, 1.82) is 0 Å². The predicted octanol–water partition coefficient (Wildman–Crippen LogP) is 1.63. The van der Waals surface area contributed by atoms with Gasteiger partial charge in [-0.3, -0.25) is 4.90 Å². The Morgan fingerprint density at radius 3 is 2.92 bits per heavy atom. The maximum Gasteiger partial charge on any atom is 0.0558 e. The summed E-state index contributed by atoms with van der Waals surface area (Å²) in [6.07, 6.45) is 6.62. The minimum atomic E-state index is 0.320. The molecule has 1 aliphatic heterocycles. The molecule has 0 aliphatic carbocycles. The van der Waals surface area contributed by atoms with Crippen molar-refractivity contribution >= 4 is 0 Å². The standard InChI is InChI=1S/C10H21NO/c1-2-5-10-6-3-4-7-11(10)8-9-12/h10,12H,2-9H2,1H3. The molecule has 12 heavy (non-hydrogen) atoms. The first-order chi connectivity index (χ1) is 5.88. The van der Waals surface area contributed by atoms with E-state index < -0.39 is 0 Å². The lowest BCUT2D eigenvalue weighted by Gasteiger charge is -2.35.